The SMILES string of the molecule is CC[C@H](C)N[C@@H](C)C1C=C(F)C(C)=C(F)C1. The quantitative estimate of drug-likeness (QED) is 0.771. The zero-order valence-electron chi connectivity index (χ0n) is 10.5. The van der Waals surface area contributed by atoms with E-state index in [1.807, 2.05) is 6.92 Å². The first-order valence-electron chi connectivity index (χ1n) is 5.94. The standard InChI is InChI=1S/C13H21F2N/c1-5-8(2)16-10(4)11-6-12(14)9(3)13(15)7-11/h6,8,10-11,16H,5,7H2,1-4H3/t8-,10-,11?/m0/s1. The lowest BCUT2D eigenvalue weighted by molar-refractivity contribution is 0.354. The van der Waals surface area contributed by atoms with E-state index in [9.17, 15) is 8.78 Å². The molecular weight excluding hydrogens is 208 g/mol. The van der Waals surface area contributed by atoms with E-state index in [1.165, 1.54) is 6.92 Å². The van der Waals surface area contributed by atoms with Gasteiger partial charge in [-0.25, -0.2) is 8.78 Å². The van der Waals surface area contributed by atoms with Crippen molar-refractivity contribution in [3.05, 3.63) is 23.3 Å². The molecule has 1 rings (SSSR count). The molecule has 1 aliphatic rings. The van der Waals surface area contributed by atoms with Crippen LogP contribution in [0.25, 0.3) is 0 Å². The van der Waals surface area contributed by atoms with E-state index >= 15 is 0 Å². The smallest absolute Gasteiger partial charge is 0.125 e. The Bertz CT molecular complexity index is 307. The first-order chi connectivity index (χ1) is 7.45. The Morgan fingerprint density at radius 1 is 1.44 bits per heavy atom. The minimum absolute atomic E-state index is 0.0855. The van der Waals surface area contributed by atoms with Gasteiger partial charge in [-0.1, -0.05) is 6.92 Å². The summed E-state index contributed by atoms with van der Waals surface area (Å²) in [5, 5.41) is 3.35. The van der Waals surface area contributed by atoms with Gasteiger partial charge in [0.1, 0.15) is 11.7 Å². The van der Waals surface area contributed by atoms with Gasteiger partial charge in [-0.05, 0) is 33.3 Å². The lowest BCUT2D eigenvalue weighted by Gasteiger charge is -2.27. The first kappa shape index (κ1) is 13.4. The van der Waals surface area contributed by atoms with E-state index in [0.717, 1.165) is 6.42 Å². The molecular formula is C13H21F2N. The van der Waals surface area contributed by atoms with Crippen LogP contribution in [-0.2, 0) is 0 Å². The summed E-state index contributed by atoms with van der Waals surface area (Å²) < 4.78 is 26.8. The van der Waals surface area contributed by atoms with Crippen molar-refractivity contribution < 1.29 is 8.78 Å². The predicted octanol–water partition coefficient (Wildman–Crippen LogP) is 3.88. The Labute approximate surface area is 96.6 Å². The van der Waals surface area contributed by atoms with E-state index in [2.05, 4.69) is 19.2 Å². The fourth-order valence-electron chi connectivity index (χ4n) is 1.87. The van der Waals surface area contributed by atoms with E-state index in [4.69, 9.17) is 0 Å². The second-order valence-electron chi connectivity index (χ2n) is 4.68. The molecule has 0 saturated heterocycles. The number of allylic oxidation sites excluding steroid dienone is 3. The monoisotopic (exact) mass is 229 g/mol. The summed E-state index contributed by atoms with van der Waals surface area (Å²) in [6.45, 7) is 7.64. The number of nitrogens with one attached hydrogen (secondary N) is 1. The molecule has 0 saturated carbocycles. The molecule has 1 aliphatic carbocycles. The maximum absolute atomic E-state index is 13.4. The van der Waals surface area contributed by atoms with Crippen LogP contribution in [0.15, 0.2) is 23.3 Å². The maximum Gasteiger partial charge on any atom is 0.125 e. The van der Waals surface area contributed by atoms with Crippen molar-refractivity contribution >= 4 is 0 Å². The molecule has 1 nitrogen and oxygen atoms in total. The summed E-state index contributed by atoms with van der Waals surface area (Å²) in [5.41, 5.74) is 0.159. The molecule has 0 heterocycles. The van der Waals surface area contributed by atoms with Crippen molar-refractivity contribution in [2.75, 3.05) is 0 Å². The Kier molecular flexibility index (Phi) is 4.66. The minimum atomic E-state index is -0.411. The van der Waals surface area contributed by atoms with Gasteiger partial charge in [-0.15, -0.1) is 0 Å². The van der Waals surface area contributed by atoms with Gasteiger partial charge in [-0.3, -0.25) is 0 Å². The topological polar surface area (TPSA) is 12.0 Å². The Morgan fingerprint density at radius 2 is 2.06 bits per heavy atom. The molecule has 0 fully saturated rings. The fraction of sp³-hybridized carbons (Fsp3) is 0.692. The van der Waals surface area contributed by atoms with Crippen LogP contribution < -0.4 is 5.32 Å². The highest BCUT2D eigenvalue weighted by molar-refractivity contribution is 5.31. The Balaban J connectivity index is 2.64. The summed E-state index contributed by atoms with van der Waals surface area (Å²) in [5.74, 6) is -0.813. The largest absolute Gasteiger partial charge is 0.311 e. The van der Waals surface area contributed by atoms with E-state index in [0.29, 0.717) is 12.5 Å². The van der Waals surface area contributed by atoms with Crippen LogP contribution in [0.1, 0.15) is 40.5 Å². The number of hydrogen-bond acceptors (Lipinski definition) is 1. The van der Waals surface area contributed by atoms with Crippen molar-refractivity contribution in [1.82, 2.24) is 5.32 Å². The highest BCUT2D eigenvalue weighted by Gasteiger charge is 2.24. The molecule has 1 unspecified atom stereocenters. The van der Waals surface area contributed by atoms with Gasteiger partial charge in [0.25, 0.3) is 0 Å². The maximum atomic E-state index is 13.4. The van der Waals surface area contributed by atoms with Crippen LogP contribution >= 0.6 is 0 Å². The molecule has 0 aromatic rings. The normalized spacial score (nSPS) is 25.4. The van der Waals surface area contributed by atoms with Crippen LogP contribution in [0, 0.1) is 5.92 Å². The van der Waals surface area contributed by atoms with Crippen molar-refractivity contribution in [3.8, 4) is 0 Å². The molecule has 0 spiro atoms. The number of halogens is 2. The van der Waals surface area contributed by atoms with Crippen molar-refractivity contribution in [2.45, 2.75) is 52.6 Å². The van der Waals surface area contributed by atoms with E-state index in [-0.39, 0.29) is 23.4 Å². The zero-order valence-corrected chi connectivity index (χ0v) is 10.5. The molecule has 0 aliphatic heterocycles. The second-order valence-corrected chi connectivity index (χ2v) is 4.68. The van der Waals surface area contributed by atoms with E-state index < -0.39 is 5.83 Å². The molecule has 0 aromatic carbocycles. The summed E-state index contributed by atoms with van der Waals surface area (Å²) in [6, 6.07) is 0.473. The molecule has 1 N–H and O–H groups in total. The van der Waals surface area contributed by atoms with Gasteiger partial charge < -0.3 is 5.32 Å². The highest BCUT2D eigenvalue weighted by atomic mass is 19.1. The molecule has 0 aromatic heterocycles. The lowest BCUT2D eigenvalue weighted by atomic mass is 9.89. The van der Waals surface area contributed by atoms with Gasteiger partial charge in [0.2, 0.25) is 0 Å². The predicted molar refractivity (Wildman–Crippen MR) is 63.5 cm³/mol. The molecule has 16 heavy (non-hydrogen) atoms. The third-order valence-corrected chi connectivity index (χ3v) is 3.34. The average Bonchev–Trinajstić information content (AvgIpc) is 2.24. The van der Waals surface area contributed by atoms with Gasteiger partial charge in [0, 0.05) is 30.0 Å². The molecule has 3 atom stereocenters. The van der Waals surface area contributed by atoms with Crippen molar-refractivity contribution in [1.29, 1.82) is 0 Å². The number of rotatable bonds is 4. The van der Waals surface area contributed by atoms with Crippen LogP contribution in [0.2, 0.25) is 0 Å². The summed E-state index contributed by atoms with van der Waals surface area (Å²) in [7, 11) is 0. The first-order valence-corrected chi connectivity index (χ1v) is 5.94. The molecule has 0 bridgehead atoms. The van der Waals surface area contributed by atoms with E-state index in [1.54, 1.807) is 6.08 Å². The highest BCUT2D eigenvalue weighted by Crippen LogP contribution is 2.31. The van der Waals surface area contributed by atoms with Gasteiger partial charge in [0.05, 0.1) is 0 Å². The zero-order chi connectivity index (χ0) is 12.3. The summed E-state index contributed by atoms with van der Waals surface area (Å²) >= 11 is 0. The Hall–Kier alpha value is -0.700. The molecule has 0 radical (unpaired) electrons. The second kappa shape index (κ2) is 5.58. The van der Waals surface area contributed by atoms with Crippen LogP contribution in [-0.4, -0.2) is 12.1 Å². The minimum Gasteiger partial charge on any atom is -0.311 e. The summed E-state index contributed by atoms with van der Waals surface area (Å²) in [4.78, 5) is 0. The van der Waals surface area contributed by atoms with Gasteiger partial charge in [0.15, 0.2) is 0 Å². The lowest BCUT2D eigenvalue weighted by Crippen LogP contribution is -2.39. The fourth-order valence-corrected chi connectivity index (χ4v) is 1.87. The van der Waals surface area contributed by atoms with Crippen molar-refractivity contribution in [3.63, 3.8) is 0 Å². The third-order valence-electron chi connectivity index (χ3n) is 3.34. The summed E-state index contributed by atoms with van der Waals surface area (Å²) in [6.07, 6.45) is 2.86. The van der Waals surface area contributed by atoms with Crippen LogP contribution in [0.3, 0.4) is 0 Å². The van der Waals surface area contributed by atoms with Crippen LogP contribution in [0.4, 0.5) is 8.78 Å². The van der Waals surface area contributed by atoms with Crippen molar-refractivity contribution in [2.24, 2.45) is 5.92 Å². The van der Waals surface area contributed by atoms with Crippen LogP contribution in [0.5, 0.6) is 0 Å². The molecule has 0 amide bonds. The molecule has 92 valence electrons. The average molecular weight is 229 g/mol. The Morgan fingerprint density at radius 3 is 2.56 bits per heavy atom. The van der Waals surface area contributed by atoms with Gasteiger partial charge in [-0.2, -0.15) is 0 Å². The third kappa shape index (κ3) is 3.14. The molecule has 3 heteroatoms. The van der Waals surface area contributed by atoms with Gasteiger partial charge >= 0.3 is 0 Å². The number of hydrogen-bond donors (Lipinski definition) is 1.